The lowest BCUT2D eigenvalue weighted by Gasteiger charge is -2.21. The molecule has 0 atom stereocenters. The zero-order chi connectivity index (χ0) is 23.3. The van der Waals surface area contributed by atoms with Crippen LogP contribution in [-0.2, 0) is 10.0 Å². The van der Waals surface area contributed by atoms with Crippen LogP contribution in [0.5, 0.6) is 0 Å². The molecule has 0 spiro atoms. The number of amides is 1. The van der Waals surface area contributed by atoms with Crippen molar-refractivity contribution in [1.82, 2.24) is 5.32 Å². The highest BCUT2D eigenvalue weighted by Gasteiger charge is 2.22. The largest absolute Gasteiger partial charge is 0.341 e. The first-order valence-electron chi connectivity index (χ1n) is 10.5. The summed E-state index contributed by atoms with van der Waals surface area (Å²) in [4.78, 5) is 13.3. The highest BCUT2D eigenvalue weighted by atomic mass is 32.2. The van der Waals surface area contributed by atoms with Gasteiger partial charge in [-0.05, 0) is 47.5 Å². The smallest absolute Gasteiger partial charge is 0.264 e. The number of hydrogen-bond acceptors (Lipinski definition) is 3. The number of nitrogens with zero attached hydrogens (tertiary/aromatic N) is 1. The SMILES string of the molecule is CN(c1ccc(C(=O)NC(c2ccccc2)c2ccccc2)cc1)S(=O)(=O)c1ccccc1. The van der Waals surface area contributed by atoms with E-state index in [1.165, 1.54) is 11.4 Å². The Morgan fingerprint density at radius 3 is 1.64 bits per heavy atom. The van der Waals surface area contributed by atoms with Gasteiger partial charge in [0.25, 0.3) is 15.9 Å². The Morgan fingerprint density at radius 2 is 1.15 bits per heavy atom. The minimum absolute atomic E-state index is 0.211. The lowest BCUT2D eigenvalue weighted by molar-refractivity contribution is 0.0943. The van der Waals surface area contributed by atoms with Crippen LogP contribution in [0, 0.1) is 0 Å². The van der Waals surface area contributed by atoms with Gasteiger partial charge < -0.3 is 5.32 Å². The molecule has 0 fully saturated rings. The fourth-order valence-electron chi connectivity index (χ4n) is 3.58. The molecule has 0 aliphatic carbocycles. The van der Waals surface area contributed by atoms with Crippen molar-refractivity contribution in [1.29, 1.82) is 0 Å². The number of anilines is 1. The first-order chi connectivity index (χ1) is 16.0. The van der Waals surface area contributed by atoms with E-state index in [1.807, 2.05) is 60.7 Å². The number of nitrogens with one attached hydrogen (secondary N) is 1. The van der Waals surface area contributed by atoms with Crippen LogP contribution >= 0.6 is 0 Å². The van der Waals surface area contributed by atoms with Crippen molar-refractivity contribution in [3.8, 4) is 0 Å². The highest BCUT2D eigenvalue weighted by molar-refractivity contribution is 7.92. The summed E-state index contributed by atoms with van der Waals surface area (Å²) in [5, 5.41) is 3.10. The van der Waals surface area contributed by atoms with E-state index < -0.39 is 10.0 Å². The molecule has 166 valence electrons. The van der Waals surface area contributed by atoms with Gasteiger partial charge in [-0.1, -0.05) is 78.9 Å². The quantitative estimate of drug-likeness (QED) is 0.424. The maximum atomic E-state index is 13.1. The van der Waals surface area contributed by atoms with Gasteiger partial charge in [0.05, 0.1) is 16.6 Å². The van der Waals surface area contributed by atoms with Crippen molar-refractivity contribution >= 4 is 21.6 Å². The molecule has 0 aromatic heterocycles. The molecule has 0 aliphatic heterocycles. The van der Waals surface area contributed by atoms with Crippen LogP contribution < -0.4 is 9.62 Å². The summed E-state index contributed by atoms with van der Waals surface area (Å²) in [5.74, 6) is -0.243. The number of carbonyl (C=O) groups is 1. The molecule has 6 heteroatoms. The van der Waals surface area contributed by atoms with Crippen molar-refractivity contribution in [3.05, 3.63) is 132 Å². The second kappa shape index (κ2) is 9.71. The molecule has 0 unspecified atom stereocenters. The molecule has 4 aromatic rings. The van der Waals surface area contributed by atoms with Crippen molar-refractivity contribution in [2.45, 2.75) is 10.9 Å². The minimum Gasteiger partial charge on any atom is -0.341 e. The third-order valence-corrected chi connectivity index (χ3v) is 7.24. The van der Waals surface area contributed by atoms with Gasteiger partial charge in [-0.3, -0.25) is 9.10 Å². The Balaban J connectivity index is 1.55. The Hall–Kier alpha value is -3.90. The first kappa shape index (κ1) is 22.3. The molecule has 4 aromatic carbocycles. The van der Waals surface area contributed by atoms with Gasteiger partial charge in [0.15, 0.2) is 0 Å². The predicted octanol–water partition coefficient (Wildman–Crippen LogP) is 5.03. The Kier molecular flexibility index (Phi) is 6.56. The van der Waals surface area contributed by atoms with Gasteiger partial charge in [0.1, 0.15) is 0 Å². The van der Waals surface area contributed by atoms with Crippen LogP contribution in [0.4, 0.5) is 5.69 Å². The average Bonchev–Trinajstić information content (AvgIpc) is 2.88. The normalized spacial score (nSPS) is 11.2. The van der Waals surface area contributed by atoms with E-state index in [4.69, 9.17) is 0 Å². The standard InChI is InChI=1S/C27H24N2O3S/c1-29(33(31,32)25-15-9-4-10-16-25)24-19-17-23(18-20-24)27(30)28-26(21-11-5-2-6-12-21)22-13-7-3-8-14-22/h2-20,26H,1H3,(H,28,30). The number of rotatable bonds is 7. The molecular formula is C27H24N2O3S. The van der Waals surface area contributed by atoms with Gasteiger partial charge >= 0.3 is 0 Å². The van der Waals surface area contributed by atoms with E-state index >= 15 is 0 Å². The van der Waals surface area contributed by atoms with Gasteiger partial charge in [0, 0.05) is 12.6 Å². The molecule has 33 heavy (non-hydrogen) atoms. The monoisotopic (exact) mass is 456 g/mol. The first-order valence-corrected chi connectivity index (χ1v) is 12.0. The summed E-state index contributed by atoms with van der Waals surface area (Å²) >= 11 is 0. The summed E-state index contributed by atoms with van der Waals surface area (Å²) in [5.41, 5.74) is 2.86. The number of carbonyl (C=O) groups excluding carboxylic acids is 1. The van der Waals surface area contributed by atoms with Crippen molar-refractivity contribution in [2.75, 3.05) is 11.4 Å². The fraction of sp³-hybridized carbons (Fsp3) is 0.0741. The summed E-state index contributed by atoms with van der Waals surface area (Å²) in [6.07, 6.45) is 0. The molecule has 0 saturated carbocycles. The fourth-order valence-corrected chi connectivity index (χ4v) is 4.79. The molecular weight excluding hydrogens is 432 g/mol. The Labute approximate surface area is 194 Å². The van der Waals surface area contributed by atoms with E-state index in [-0.39, 0.29) is 16.8 Å². The van der Waals surface area contributed by atoms with Crippen molar-refractivity contribution < 1.29 is 13.2 Å². The average molecular weight is 457 g/mol. The highest BCUT2D eigenvalue weighted by Crippen LogP contribution is 2.24. The van der Waals surface area contributed by atoms with Crippen LogP contribution in [0.25, 0.3) is 0 Å². The Bertz CT molecular complexity index is 1270. The zero-order valence-corrected chi connectivity index (χ0v) is 18.9. The molecule has 0 saturated heterocycles. The number of sulfonamides is 1. The zero-order valence-electron chi connectivity index (χ0n) is 18.1. The minimum atomic E-state index is -3.68. The van der Waals surface area contributed by atoms with Crippen LogP contribution in [0.3, 0.4) is 0 Å². The van der Waals surface area contributed by atoms with Crippen molar-refractivity contribution in [3.63, 3.8) is 0 Å². The number of benzene rings is 4. The summed E-state index contributed by atoms with van der Waals surface area (Å²) < 4.78 is 26.9. The van der Waals surface area contributed by atoms with Gasteiger partial charge in [-0.2, -0.15) is 0 Å². The molecule has 0 heterocycles. The Morgan fingerprint density at radius 1 is 0.697 bits per heavy atom. The maximum absolute atomic E-state index is 13.1. The van der Waals surface area contributed by atoms with E-state index in [2.05, 4.69) is 5.32 Å². The maximum Gasteiger partial charge on any atom is 0.264 e. The van der Waals surface area contributed by atoms with Crippen LogP contribution in [-0.4, -0.2) is 21.4 Å². The summed E-state index contributed by atoms with van der Waals surface area (Å²) in [7, 11) is -2.19. The summed E-state index contributed by atoms with van der Waals surface area (Å²) in [6.45, 7) is 0. The lowest BCUT2D eigenvalue weighted by Crippen LogP contribution is -2.29. The van der Waals surface area contributed by atoms with E-state index in [1.54, 1.807) is 54.6 Å². The molecule has 0 radical (unpaired) electrons. The number of hydrogen-bond donors (Lipinski definition) is 1. The van der Waals surface area contributed by atoms with Crippen LogP contribution in [0.1, 0.15) is 27.5 Å². The topological polar surface area (TPSA) is 66.5 Å². The van der Waals surface area contributed by atoms with Gasteiger partial charge in [0.2, 0.25) is 0 Å². The second-order valence-corrected chi connectivity index (χ2v) is 9.53. The molecule has 0 bridgehead atoms. The van der Waals surface area contributed by atoms with E-state index in [0.29, 0.717) is 11.3 Å². The van der Waals surface area contributed by atoms with Crippen LogP contribution in [0.15, 0.2) is 120 Å². The van der Waals surface area contributed by atoms with Gasteiger partial charge in [-0.25, -0.2) is 8.42 Å². The molecule has 5 nitrogen and oxygen atoms in total. The van der Waals surface area contributed by atoms with E-state index in [0.717, 1.165) is 11.1 Å². The van der Waals surface area contributed by atoms with Crippen molar-refractivity contribution in [2.24, 2.45) is 0 Å². The summed E-state index contributed by atoms with van der Waals surface area (Å²) in [6, 6.07) is 34.0. The molecule has 0 aliphatic rings. The van der Waals surface area contributed by atoms with Gasteiger partial charge in [-0.15, -0.1) is 0 Å². The third-order valence-electron chi connectivity index (χ3n) is 5.44. The molecule has 4 rings (SSSR count). The van der Waals surface area contributed by atoms with Crippen LogP contribution in [0.2, 0.25) is 0 Å². The van der Waals surface area contributed by atoms with E-state index in [9.17, 15) is 13.2 Å². The molecule has 1 N–H and O–H groups in total. The second-order valence-electron chi connectivity index (χ2n) is 7.56. The third kappa shape index (κ3) is 4.96. The lowest BCUT2D eigenvalue weighted by atomic mass is 9.98. The molecule has 1 amide bonds. The predicted molar refractivity (Wildman–Crippen MR) is 131 cm³/mol.